The third kappa shape index (κ3) is 2.99. The molecule has 1 aliphatic carbocycles. The van der Waals surface area contributed by atoms with Crippen LogP contribution in [0, 0.1) is 18.3 Å². The molecule has 1 aromatic rings. The maximum Gasteiger partial charge on any atom is 0.330 e. The van der Waals surface area contributed by atoms with Gasteiger partial charge < -0.3 is 5.73 Å². The van der Waals surface area contributed by atoms with Gasteiger partial charge in [0.2, 0.25) is 0 Å². The number of rotatable bonds is 3. The van der Waals surface area contributed by atoms with Crippen molar-refractivity contribution in [2.75, 3.05) is 5.73 Å². The van der Waals surface area contributed by atoms with Crippen molar-refractivity contribution in [3.05, 3.63) is 20.8 Å². The molecule has 1 heterocycles. The molecule has 3 N–H and O–H groups in total. The minimum absolute atomic E-state index is 0.0136. The van der Waals surface area contributed by atoms with E-state index in [2.05, 4.69) is 15.9 Å². The first-order chi connectivity index (χ1) is 9.63. The molecule has 1 aromatic heterocycles. The summed E-state index contributed by atoms with van der Waals surface area (Å²) < 4.78 is 0.921. The van der Waals surface area contributed by atoms with E-state index in [-0.39, 0.29) is 18.1 Å². The maximum absolute atomic E-state index is 12.1. The predicted molar refractivity (Wildman–Crippen MR) is 79.3 cm³/mol. The Morgan fingerprint density at radius 3 is 2.75 bits per heavy atom. The summed E-state index contributed by atoms with van der Waals surface area (Å²) >= 11 is 0. The van der Waals surface area contributed by atoms with Crippen LogP contribution < -0.4 is 17.0 Å². The van der Waals surface area contributed by atoms with Gasteiger partial charge in [0.1, 0.15) is 5.82 Å². The summed E-state index contributed by atoms with van der Waals surface area (Å²) in [6, 6.07) is 0. The van der Waals surface area contributed by atoms with E-state index in [4.69, 9.17) is 12.2 Å². The first kappa shape index (κ1) is 14.1. The predicted octanol–water partition coefficient (Wildman–Crippen LogP) is 1.03. The fourth-order valence-electron chi connectivity index (χ4n) is 2.40. The van der Waals surface area contributed by atoms with Crippen molar-refractivity contribution in [2.45, 2.75) is 38.6 Å². The molecule has 0 unspecified atom stereocenters. The van der Waals surface area contributed by atoms with Gasteiger partial charge in [-0.1, -0.05) is 25.2 Å². The minimum Gasteiger partial charge on any atom is -0.383 e. The van der Waals surface area contributed by atoms with E-state index in [9.17, 15) is 9.59 Å². The largest absolute Gasteiger partial charge is 0.383 e. The van der Waals surface area contributed by atoms with Crippen molar-refractivity contribution in [1.82, 2.24) is 9.55 Å². The summed E-state index contributed by atoms with van der Waals surface area (Å²) in [7, 11) is 0. The Bertz CT molecular complexity index is 657. The summed E-state index contributed by atoms with van der Waals surface area (Å²) in [5.74, 6) is 2.63. The molecular weight excluding hydrogens is 256 g/mol. The second-order valence-electron chi connectivity index (χ2n) is 4.96. The molecule has 0 bridgehead atoms. The summed E-state index contributed by atoms with van der Waals surface area (Å²) in [5.41, 5.74) is 4.57. The number of aliphatic imine (C=N–C) groups is 1. The van der Waals surface area contributed by atoms with Gasteiger partial charge >= 0.3 is 5.69 Å². The van der Waals surface area contributed by atoms with Crippen LogP contribution in [0.3, 0.4) is 0 Å². The summed E-state index contributed by atoms with van der Waals surface area (Å²) in [6.07, 6.45) is 12.7. The number of nitrogen functional groups attached to an aromatic ring is 1. The molecule has 0 radical (unpaired) electrons. The van der Waals surface area contributed by atoms with Gasteiger partial charge in [-0.2, -0.15) is 0 Å². The van der Waals surface area contributed by atoms with Crippen LogP contribution in [0.2, 0.25) is 0 Å². The van der Waals surface area contributed by atoms with E-state index in [1.807, 2.05) is 0 Å². The van der Waals surface area contributed by atoms with Crippen molar-refractivity contribution in [3.8, 4) is 12.3 Å². The van der Waals surface area contributed by atoms with E-state index in [0.717, 1.165) is 17.4 Å². The highest BCUT2D eigenvalue weighted by Gasteiger charge is 2.13. The van der Waals surface area contributed by atoms with Crippen LogP contribution in [-0.4, -0.2) is 15.8 Å². The van der Waals surface area contributed by atoms with E-state index < -0.39 is 11.2 Å². The average Bonchev–Trinajstić information content (AvgIpc) is 2.44. The Kier molecular flexibility index (Phi) is 4.41. The third-order valence-corrected chi connectivity index (χ3v) is 3.50. The Morgan fingerprint density at radius 1 is 1.40 bits per heavy atom. The van der Waals surface area contributed by atoms with Crippen molar-refractivity contribution in [1.29, 1.82) is 0 Å². The topological polar surface area (TPSA) is 93.2 Å². The molecular formula is C14H18N4O2. The standard InChI is InChI=1S/C14H18N4O2/c1-2-8-18-13(19)11(12(15)17-14(18)20)16-9-10-6-4-3-5-7-10/h1,9-10H,3-8,15H2,(H,17,20). The van der Waals surface area contributed by atoms with Crippen molar-refractivity contribution >= 4 is 17.7 Å². The van der Waals surface area contributed by atoms with Crippen LogP contribution in [-0.2, 0) is 6.54 Å². The number of aromatic nitrogens is 2. The minimum atomic E-state index is -0.609. The number of nitrogens with zero attached hydrogens (tertiary/aromatic N) is 2. The number of hydrogen-bond acceptors (Lipinski definition) is 4. The van der Waals surface area contributed by atoms with Crippen molar-refractivity contribution < 1.29 is 0 Å². The van der Waals surface area contributed by atoms with Gasteiger partial charge in [0.15, 0.2) is 5.69 Å². The van der Waals surface area contributed by atoms with Crippen LogP contribution in [0.15, 0.2) is 14.6 Å². The molecule has 0 saturated heterocycles. The van der Waals surface area contributed by atoms with Gasteiger partial charge in [0.05, 0.1) is 6.54 Å². The lowest BCUT2D eigenvalue weighted by Gasteiger charge is -2.16. The first-order valence-electron chi connectivity index (χ1n) is 6.73. The molecule has 1 saturated carbocycles. The number of nitrogens with two attached hydrogens (primary N) is 1. The Morgan fingerprint density at radius 2 is 2.10 bits per heavy atom. The summed E-state index contributed by atoms with van der Waals surface area (Å²) in [6.45, 7) is -0.0968. The Labute approximate surface area is 116 Å². The quantitative estimate of drug-likeness (QED) is 0.637. The van der Waals surface area contributed by atoms with Gasteiger partial charge in [-0.15, -0.1) is 6.42 Å². The van der Waals surface area contributed by atoms with Gasteiger partial charge in [-0.05, 0) is 18.8 Å². The molecule has 2 rings (SSSR count). The van der Waals surface area contributed by atoms with Crippen LogP contribution in [0.5, 0.6) is 0 Å². The van der Waals surface area contributed by atoms with E-state index >= 15 is 0 Å². The molecule has 6 nitrogen and oxygen atoms in total. The molecule has 1 fully saturated rings. The number of aromatic amines is 1. The zero-order chi connectivity index (χ0) is 14.5. The fraction of sp³-hybridized carbons (Fsp3) is 0.500. The van der Waals surface area contributed by atoms with Crippen LogP contribution in [0.4, 0.5) is 11.5 Å². The normalized spacial score (nSPS) is 16.4. The van der Waals surface area contributed by atoms with Crippen LogP contribution in [0.25, 0.3) is 0 Å². The number of terminal acetylenes is 1. The molecule has 0 amide bonds. The first-order valence-corrected chi connectivity index (χ1v) is 6.73. The highest BCUT2D eigenvalue weighted by molar-refractivity contribution is 5.69. The van der Waals surface area contributed by atoms with Crippen molar-refractivity contribution in [2.24, 2.45) is 10.9 Å². The average molecular weight is 274 g/mol. The SMILES string of the molecule is C#CCn1c(=O)[nH]c(N)c(N=CC2CCCCC2)c1=O. The fourth-order valence-corrected chi connectivity index (χ4v) is 2.40. The monoisotopic (exact) mass is 274 g/mol. The van der Waals surface area contributed by atoms with Gasteiger partial charge in [-0.25, -0.2) is 9.36 Å². The molecule has 1 aliphatic rings. The van der Waals surface area contributed by atoms with Crippen LogP contribution >= 0.6 is 0 Å². The van der Waals surface area contributed by atoms with E-state index in [1.54, 1.807) is 6.21 Å². The number of nitrogens with one attached hydrogen (secondary N) is 1. The Hall–Kier alpha value is -2.29. The van der Waals surface area contributed by atoms with Crippen molar-refractivity contribution in [3.63, 3.8) is 0 Å². The zero-order valence-corrected chi connectivity index (χ0v) is 11.3. The second-order valence-corrected chi connectivity index (χ2v) is 4.96. The molecule has 20 heavy (non-hydrogen) atoms. The highest BCUT2D eigenvalue weighted by Crippen LogP contribution is 2.23. The smallest absolute Gasteiger partial charge is 0.330 e. The molecule has 0 spiro atoms. The second kappa shape index (κ2) is 6.24. The number of anilines is 1. The molecule has 0 aliphatic heterocycles. The number of hydrogen-bond donors (Lipinski definition) is 2. The third-order valence-electron chi connectivity index (χ3n) is 3.50. The molecule has 106 valence electrons. The molecule has 6 heteroatoms. The van der Waals surface area contributed by atoms with E-state index in [0.29, 0.717) is 5.92 Å². The lowest BCUT2D eigenvalue weighted by Crippen LogP contribution is -2.35. The maximum atomic E-state index is 12.1. The lowest BCUT2D eigenvalue weighted by atomic mass is 9.90. The molecule has 0 aromatic carbocycles. The van der Waals surface area contributed by atoms with Gasteiger partial charge in [-0.3, -0.25) is 14.8 Å². The lowest BCUT2D eigenvalue weighted by molar-refractivity contribution is 0.445. The van der Waals surface area contributed by atoms with Gasteiger partial charge in [0, 0.05) is 6.21 Å². The van der Waals surface area contributed by atoms with Crippen LogP contribution in [0.1, 0.15) is 32.1 Å². The number of H-pyrrole nitrogens is 1. The summed E-state index contributed by atoms with van der Waals surface area (Å²) in [5, 5.41) is 0. The molecule has 0 atom stereocenters. The zero-order valence-electron chi connectivity index (χ0n) is 11.3. The Balaban J connectivity index is 2.34. The highest BCUT2D eigenvalue weighted by atomic mass is 16.2. The van der Waals surface area contributed by atoms with Gasteiger partial charge in [0.25, 0.3) is 5.56 Å². The summed E-state index contributed by atoms with van der Waals surface area (Å²) in [4.78, 5) is 30.3. The van der Waals surface area contributed by atoms with E-state index in [1.165, 1.54) is 19.3 Å².